The molecule has 0 atom stereocenters. The minimum Gasteiger partial charge on any atom is -0.320 e. The quantitative estimate of drug-likeness (QED) is 0.414. The molecule has 0 radical (unpaired) electrons. The molecule has 1 amide bonds. The van der Waals surface area contributed by atoms with Crippen LogP contribution in [0.25, 0.3) is 0 Å². The highest BCUT2D eigenvalue weighted by Crippen LogP contribution is 2.11. The summed E-state index contributed by atoms with van der Waals surface area (Å²) >= 11 is 4.05. The third-order valence-electron chi connectivity index (χ3n) is 3.34. The van der Waals surface area contributed by atoms with E-state index in [0.29, 0.717) is 17.4 Å². The first kappa shape index (κ1) is 17.1. The van der Waals surface area contributed by atoms with Gasteiger partial charge in [0.2, 0.25) is 5.91 Å². The van der Waals surface area contributed by atoms with E-state index < -0.39 is 0 Å². The Kier molecular flexibility index (Phi) is 9.20. The molecular formula is C15H27N3OS. The molecule has 0 saturated carbocycles. The summed E-state index contributed by atoms with van der Waals surface area (Å²) in [7, 11) is 0. The second kappa shape index (κ2) is 10.8. The lowest BCUT2D eigenvalue weighted by atomic mass is 10.1. The summed E-state index contributed by atoms with van der Waals surface area (Å²) < 4.78 is 0. The molecule has 5 heteroatoms. The van der Waals surface area contributed by atoms with E-state index >= 15 is 0 Å². The molecule has 114 valence electrons. The van der Waals surface area contributed by atoms with Crippen LogP contribution < -0.4 is 5.32 Å². The molecule has 0 spiro atoms. The topological polar surface area (TPSA) is 57.8 Å². The van der Waals surface area contributed by atoms with Gasteiger partial charge < -0.3 is 10.3 Å². The van der Waals surface area contributed by atoms with Gasteiger partial charge in [-0.3, -0.25) is 4.79 Å². The minimum atomic E-state index is 0.0462. The van der Waals surface area contributed by atoms with Crippen molar-refractivity contribution in [2.45, 2.75) is 76.3 Å². The van der Waals surface area contributed by atoms with Gasteiger partial charge in [0.15, 0.2) is 5.16 Å². The Labute approximate surface area is 127 Å². The van der Waals surface area contributed by atoms with Gasteiger partial charge in [0.05, 0.1) is 6.20 Å². The average Bonchev–Trinajstić information content (AvgIpc) is 2.82. The lowest BCUT2D eigenvalue weighted by Crippen LogP contribution is -2.11. The molecule has 0 aliphatic carbocycles. The number of aromatic nitrogens is 2. The fraction of sp³-hybridized carbons (Fsp3) is 0.733. The van der Waals surface area contributed by atoms with Crippen molar-refractivity contribution in [3.63, 3.8) is 0 Å². The van der Waals surface area contributed by atoms with E-state index in [9.17, 15) is 4.79 Å². The lowest BCUT2D eigenvalue weighted by molar-refractivity contribution is -0.116. The van der Waals surface area contributed by atoms with Gasteiger partial charge in [0, 0.05) is 6.42 Å². The van der Waals surface area contributed by atoms with Gasteiger partial charge in [0.1, 0.15) is 5.82 Å². The number of rotatable bonds is 11. The van der Waals surface area contributed by atoms with Crippen LogP contribution in [0.4, 0.5) is 5.82 Å². The van der Waals surface area contributed by atoms with Crippen molar-refractivity contribution >= 4 is 24.4 Å². The second-order valence-corrected chi connectivity index (χ2v) is 5.67. The highest BCUT2D eigenvalue weighted by atomic mass is 32.1. The minimum absolute atomic E-state index is 0.0462. The van der Waals surface area contributed by atoms with E-state index in [1.54, 1.807) is 6.20 Å². The maximum absolute atomic E-state index is 11.6. The standard InChI is InChI=1S/C15H27N3OS/c1-2-3-4-5-6-7-8-9-10-11-14(19)17-13-12-16-15(20)18-13/h12H,2-11H2,1H3,(H,17,19)(H2,16,18,20). The van der Waals surface area contributed by atoms with Crippen molar-refractivity contribution < 1.29 is 4.79 Å². The van der Waals surface area contributed by atoms with E-state index in [1.165, 1.54) is 44.9 Å². The number of unbranched alkanes of at least 4 members (excludes halogenated alkanes) is 8. The van der Waals surface area contributed by atoms with Gasteiger partial charge >= 0.3 is 0 Å². The van der Waals surface area contributed by atoms with Gasteiger partial charge in [-0.25, -0.2) is 4.98 Å². The third kappa shape index (κ3) is 8.25. The van der Waals surface area contributed by atoms with E-state index in [1.807, 2.05) is 0 Å². The molecule has 0 bridgehead atoms. The Morgan fingerprint density at radius 3 is 2.30 bits per heavy atom. The zero-order valence-electron chi connectivity index (χ0n) is 12.5. The Balaban J connectivity index is 1.92. The smallest absolute Gasteiger partial charge is 0.225 e. The van der Waals surface area contributed by atoms with Gasteiger partial charge in [0.25, 0.3) is 0 Å². The van der Waals surface area contributed by atoms with E-state index in [2.05, 4.69) is 34.8 Å². The zero-order valence-corrected chi connectivity index (χ0v) is 13.3. The van der Waals surface area contributed by atoms with Crippen molar-refractivity contribution in [3.8, 4) is 0 Å². The second-order valence-electron chi connectivity index (χ2n) is 5.25. The molecule has 1 aromatic heterocycles. The predicted molar refractivity (Wildman–Crippen MR) is 86.3 cm³/mol. The summed E-state index contributed by atoms with van der Waals surface area (Å²) in [6, 6.07) is 0. The Hall–Kier alpha value is -0.970. The number of imidazole rings is 1. The first-order valence-corrected chi connectivity index (χ1v) is 8.21. The molecule has 0 aliphatic rings. The highest BCUT2D eigenvalue weighted by Gasteiger charge is 2.03. The number of carbonyl (C=O) groups is 1. The number of thiol groups is 1. The molecule has 1 aromatic rings. The number of anilines is 1. The molecule has 2 N–H and O–H groups in total. The molecule has 20 heavy (non-hydrogen) atoms. The molecule has 0 saturated heterocycles. The van der Waals surface area contributed by atoms with Crippen molar-refractivity contribution in [1.29, 1.82) is 0 Å². The van der Waals surface area contributed by atoms with Crippen LogP contribution in [-0.4, -0.2) is 15.9 Å². The van der Waals surface area contributed by atoms with Crippen LogP contribution >= 0.6 is 12.6 Å². The maximum Gasteiger partial charge on any atom is 0.225 e. The highest BCUT2D eigenvalue weighted by molar-refractivity contribution is 7.80. The summed E-state index contributed by atoms with van der Waals surface area (Å²) in [5.74, 6) is 0.667. The predicted octanol–water partition coefficient (Wildman–Crippen LogP) is 4.56. The normalized spacial score (nSPS) is 10.7. The number of hydrogen-bond donors (Lipinski definition) is 3. The Bertz CT molecular complexity index is 379. The van der Waals surface area contributed by atoms with Crippen LogP contribution in [0.5, 0.6) is 0 Å². The van der Waals surface area contributed by atoms with Crippen LogP contribution in [0, 0.1) is 0 Å². The molecule has 4 nitrogen and oxygen atoms in total. The van der Waals surface area contributed by atoms with Crippen molar-refractivity contribution in [2.75, 3.05) is 5.32 Å². The fourth-order valence-corrected chi connectivity index (χ4v) is 2.36. The molecular weight excluding hydrogens is 270 g/mol. The molecule has 1 rings (SSSR count). The van der Waals surface area contributed by atoms with E-state index in [-0.39, 0.29) is 5.91 Å². The third-order valence-corrected chi connectivity index (χ3v) is 3.57. The van der Waals surface area contributed by atoms with Crippen LogP contribution in [0.15, 0.2) is 11.4 Å². The van der Waals surface area contributed by atoms with Crippen LogP contribution in [0.2, 0.25) is 0 Å². The van der Waals surface area contributed by atoms with Gasteiger partial charge in [-0.05, 0) is 6.42 Å². The first-order valence-electron chi connectivity index (χ1n) is 7.76. The van der Waals surface area contributed by atoms with Crippen molar-refractivity contribution in [3.05, 3.63) is 6.20 Å². The first-order chi connectivity index (χ1) is 9.72. The molecule has 0 unspecified atom stereocenters. The average molecular weight is 297 g/mol. The summed E-state index contributed by atoms with van der Waals surface area (Å²) in [5, 5.41) is 3.30. The van der Waals surface area contributed by atoms with Crippen LogP contribution in [0.1, 0.15) is 71.1 Å². The largest absolute Gasteiger partial charge is 0.320 e. The summed E-state index contributed by atoms with van der Waals surface area (Å²) in [6.07, 6.45) is 13.5. The van der Waals surface area contributed by atoms with Gasteiger partial charge in [-0.2, -0.15) is 0 Å². The number of amides is 1. The Morgan fingerprint density at radius 2 is 1.75 bits per heavy atom. The van der Waals surface area contributed by atoms with Gasteiger partial charge in [-0.1, -0.05) is 58.3 Å². The summed E-state index contributed by atoms with van der Waals surface area (Å²) in [6.45, 7) is 2.24. The van der Waals surface area contributed by atoms with Crippen molar-refractivity contribution in [1.82, 2.24) is 9.97 Å². The van der Waals surface area contributed by atoms with E-state index in [0.717, 1.165) is 12.8 Å². The van der Waals surface area contributed by atoms with Crippen LogP contribution in [0.3, 0.4) is 0 Å². The number of aromatic amines is 1. The monoisotopic (exact) mass is 297 g/mol. The van der Waals surface area contributed by atoms with Crippen molar-refractivity contribution in [2.24, 2.45) is 0 Å². The van der Waals surface area contributed by atoms with Gasteiger partial charge in [-0.15, -0.1) is 12.6 Å². The number of hydrogen-bond acceptors (Lipinski definition) is 3. The number of carbonyl (C=O) groups excluding carboxylic acids is 1. The maximum atomic E-state index is 11.6. The molecule has 0 fully saturated rings. The number of nitrogens with zero attached hydrogens (tertiary/aromatic N) is 1. The molecule has 0 aromatic carbocycles. The lowest BCUT2D eigenvalue weighted by Gasteiger charge is -2.03. The van der Waals surface area contributed by atoms with Crippen LogP contribution in [-0.2, 0) is 4.79 Å². The summed E-state index contributed by atoms with van der Waals surface area (Å²) in [4.78, 5) is 18.4. The summed E-state index contributed by atoms with van der Waals surface area (Å²) in [5.41, 5.74) is 0. The SMILES string of the molecule is CCCCCCCCCCCC(=O)Nc1cnc(S)[nH]1. The molecule has 1 heterocycles. The van der Waals surface area contributed by atoms with E-state index in [4.69, 9.17) is 0 Å². The number of H-pyrrole nitrogens is 1. The molecule has 0 aliphatic heterocycles. The zero-order chi connectivity index (χ0) is 14.6. The Morgan fingerprint density at radius 1 is 1.15 bits per heavy atom. The fourth-order valence-electron chi connectivity index (χ4n) is 2.18. The number of nitrogens with one attached hydrogen (secondary N) is 2.